The standard InChI is InChI=1S/C23H26ClN3O2/c1-15-11-17-12-16(7-10-21(17)29-15)14-26(2)23(28)6-4-5-22-25-19-13-18(24)8-9-20(19)27(22)3/h7-10,12-13,15H,4-6,11,14H2,1-3H3. The average Bonchev–Trinajstić information content (AvgIpc) is 3.20. The van der Waals surface area contributed by atoms with Crippen molar-refractivity contribution in [3.63, 3.8) is 0 Å². The SMILES string of the molecule is CC1Cc2cc(CN(C)C(=O)CCCc3nc4cc(Cl)ccc4n3C)ccc2O1. The van der Waals surface area contributed by atoms with Gasteiger partial charge >= 0.3 is 0 Å². The Morgan fingerprint density at radius 1 is 1.31 bits per heavy atom. The van der Waals surface area contributed by atoms with Gasteiger partial charge in [-0.1, -0.05) is 23.7 Å². The van der Waals surface area contributed by atoms with Crippen LogP contribution in [0.1, 0.15) is 36.7 Å². The number of aromatic nitrogens is 2. The molecule has 4 rings (SSSR count). The van der Waals surface area contributed by atoms with E-state index in [1.807, 2.05) is 44.4 Å². The topological polar surface area (TPSA) is 47.4 Å². The van der Waals surface area contributed by atoms with Crippen LogP contribution in [0.5, 0.6) is 5.75 Å². The minimum Gasteiger partial charge on any atom is -0.490 e. The van der Waals surface area contributed by atoms with E-state index >= 15 is 0 Å². The summed E-state index contributed by atoms with van der Waals surface area (Å²) in [5.74, 6) is 2.10. The average molecular weight is 412 g/mol. The molecule has 0 saturated heterocycles. The fraction of sp³-hybridized carbons (Fsp3) is 0.391. The minimum atomic E-state index is 0.150. The van der Waals surface area contributed by atoms with Gasteiger partial charge in [0.1, 0.15) is 17.7 Å². The van der Waals surface area contributed by atoms with Gasteiger partial charge in [-0.05, 0) is 48.7 Å². The molecule has 1 atom stereocenters. The van der Waals surface area contributed by atoms with E-state index < -0.39 is 0 Å². The number of imidazole rings is 1. The molecule has 1 unspecified atom stereocenters. The molecule has 5 nitrogen and oxygen atoms in total. The fourth-order valence-electron chi connectivity index (χ4n) is 3.97. The van der Waals surface area contributed by atoms with E-state index in [2.05, 4.69) is 22.5 Å². The number of fused-ring (bicyclic) bond motifs is 2. The number of benzene rings is 2. The van der Waals surface area contributed by atoms with Crippen molar-refractivity contribution in [1.29, 1.82) is 0 Å². The van der Waals surface area contributed by atoms with Crippen LogP contribution in [-0.4, -0.2) is 33.5 Å². The van der Waals surface area contributed by atoms with Crippen LogP contribution in [0.15, 0.2) is 36.4 Å². The molecule has 0 saturated carbocycles. The first-order valence-corrected chi connectivity index (χ1v) is 10.4. The van der Waals surface area contributed by atoms with E-state index in [9.17, 15) is 4.79 Å². The molecular formula is C23H26ClN3O2. The maximum atomic E-state index is 12.6. The number of carbonyl (C=O) groups is 1. The third-order valence-electron chi connectivity index (χ3n) is 5.53. The van der Waals surface area contributed by atoms with Gasteiger partial charge in [-0.2, -0.15) is 0 Å². The van der Waals surface area contributed by atoms with E-state index in [-0.39, 0.29) is 12.0 Å². The van der Waals surface area contributed by atoms with E-state index in [1.54, 1.807) is 4.90 Å². The Labute approximate surface area is 176 Å². The van der Waals surface area contributed by atoms with Crippen molar-refractivity contribution in [2.24, 2.45) is 7.05 Å². The molecule has 6 heteroatoms. The van der Waals surface area contributed by atoms with Crippen molar-refractivity contribution >= 4 is 28.5 Å². The lowest BCUT2D eigenvalue weighted by Gasteiger charge is -2.17. The Hall–Kier alpha value is -2.53. The molecule has 1 aliphatic heterocycles. The third kappa shape index (κ3) is 4.25. The number of ether oxygens (including phenoxy) is 1. The second-order valence-corrected chi connectivity index (χ2v) is 8.33. The summed E-state index contributed by atoms with van der Waals surface area (Å²) in [4.78, 5) is 19.0. The van der Waals surface area contributed by atoms with Crippen LogP contribution in [0.3, 0.4) is 0 Å². The number of carbonyl (C=O) groups excluding carboxylic acids is 1. The summed E-state index contributed by atoms with van der Waals surface area (Å²) in [7, 11) is 3.87. The van der Waals surface area contributed by atoms with Gasteiger partial charge in [-0.3, -0.25) is 4.79 Å². The maximum absolute atomic E-state index is 12.6. The van der Waals surface area contributed by atoms with Gasteiger partial charge in [0.2, 0.25) is 5.91 Å². The first-order chi connectivity index (χ1) is 13.9. The molecule has 2 aromatic carbocycles. The Kier molecular flexibility index (Phi) is 5.50. The number of nitrogens with zero attached hydrogens (tertiary/aromatic N) is 3. The molecule has 0 radical (unpaired) electrons. The smallest absolute Gasteiger partial charge is 0.222 e. The van der Waals surface area contributed by atoms with E-state index in [1.165, 1.54) is 5.56 Å². The van der Waals surface area contributed by atoms with E-state index in [4.69, 9.17) is 16.3 Å². The molecule has 0 spiro atoms. The van der Waals surface area contributed by atoms with Gasteiger partial charge in [-0.25, -0.2) is 4.98 Å². The summed E-state index contributed by atoms with van der Waals surface area (Å²) in [5, 5.41) is 0.687. The van der Waals surface area contributed by atoms with Crippen LogP contribution < -0.4 is 4.74 Å². The van der Waals surface area contributed by atoms with Gasteiger partial charge in [0.25, 0.3) is 0 Å². The van der Waals surface area contributed by atoms with Crippen molar-refractivity contribution < 1.29 is 9.53 Å². The molecule has 0 N–H and O–H groups in total. The van der Waals surface area contributed by atoms with Crippen LogP contribution in [0.2, 0.25) is 5.02 Å². The van der Waals surface area contributed by atoms with Gasteiger partial charge in [0.15, 0.2) is 0 Å². The lowest BCUT2D eigenvalue weighted by atomic mass is 10.1. The molecule has 2 heterocycles. The van der Waals surface area contributed by atoms with Crippen LogP contribution >= 0.6 is 11.6 Å². The molecule has 29 heavy (non-hydrogen) atoms. The quantitative estimate of drug-likeness (QED) is 0.598. The summed E-state index contributed by atoms with van der Waals surface area (Å²) in [6, 6.07) is 12.0. The molecule has 0 bridgehead atoms. The van der Waals surface area contributed by atoms with Crippen molar-refractivity contribution in [1.82, 2.24) is 14.5 Å². The van der Waals surface area contributed by atoms with Gasteiger partial charge in [-0.15, -0.1) is 0 Å². The van der Waals surface area contributed by atoms with Crippen molar-refractivity contribution in [2.45, 2.75) is 45.3 Å². The summed E-state index contributed by atoms with van der Waals surface area (Å²) >= 11 is 6.06. The molecular weight excluding hydrogens is 386 g/mol. The summed E-state index contributed by atoms with van der Waals surface area (Å²) in [6.07, 6.45) is 3.20. The van der Waals surface area contributed by atoms with Crippen molar-refractivity contribution in [2.75, 3.05) is 7.05 Å². The predicted molar refractivity (Wildman–Crippen MR) is 115 cm³/mol. The molecule has 3 aromatic rings. The summed E-state index contributed by atoms with van der Waals surface area (Å²) in [6.45, 7) is 2.69. The lowest BCUT2D eigenvalue weighted by molar-refractivity contribution is -0.130. The zero-order chi connectivity index (χ0) is 20.5. The largest absolute Gasteiger partial charge is 0.490 e. The van der Waals surface area contributed by atoms with Crippen LogP contribution in [0, 0.1) is 0 Å². The highest BCUT2D eigenvalue weighted by molar-refractivity contribution is 6.31. The van der Waals surface area contributed by atoms with Crippen LogP contribution in [0.4, 0.5) is 0 Å². The van der Waals surface area contributed by atoms with E-state index in [0.29, 0.717) is 18.0 Å². The molecule has 1 aromatic heterocycles. The fourth-order valence-corrected chi connectivity index (χ4v) is 4.14. The monoisotopic (exact) mass is 411 g/mol. The minimum absolute atomic E-state index is 0.150. The lowest BCUT2D eigenvalue weighted by Crippen LogP contribution is -2.26. The first kappa shape index (κ1) is 19.8. The van der Waals surface area contributed by atoms with Crippen LogP contribution in [0.25, 0.3) is 11.0 Å². The van der Waals surface area contributed by atoms with Gasteiger partial charge in [0, 0.05) is 44.9 Å². The molecule has 1 amide bonds. The number of aryl methyl sites for hydroxylation is 2. The number of rotatable bonds is 6. The molecule has 1 aliphatic rings. The Bertz CT molecular complexity index is 1060. The van der Waals surface area contributed by atoms with Gasteiger partial charge in [0.05, 0.1) is 11.0 Å². The van der Waals surface area contributed by atoms with E-state index in [0.717, 1.165) is 47.4 Å². The second kappa shape index (κ2) is 8.07. The number of amides is 1. The normalized spacial score (nSPS) is 15.4. The number of hydrogen-bond donors (Lipinski definition) is 0. The molecule has 152 valence electrons. The van der Waals surface area contributed by atoms with Crippen molar-refractivity contribution in [3.05, 3.63) is 58.4 Å². The highest BCUT2D eigenvalue weighted by atomic mass is 35.5. The van der Waals surface area contributed by atoms with Crippen LogP contribution in [-0.2, 0) is 31.2 Å². The Morgan fingerprint density at radius 3 is 2.97 bits per heavy atom. The maximum Gasteiger partial charge on any atom is 0.222 e. The first-order valence-electron chi connectivity index (χ1n) is 10.0. The molecule has 0 fully saturated rings. The summed E-state index contributed by atoms with van der Waals surface area (Å²) < 4.78 is 7.83. The zero-order valence-corrected chi connectivity index (χ0v) is 17.9. The van der Waals surface area contributed by atoms with Gasteiger partial charge < -0.3 is 14.2 Å². The third-order valence-corrected chi connectivity index (χ3v) is 5.77. The Morgan fingerprint density at radius 2 is 2.14 bits per heavy atom. The summed E-state index contributed by atoms with van der Waals surface area (Å²) in [5.41, 5.74) is 4.33. The highest BCUT2D eigenvalue weighted by Crippen LogP contribution is 2.29. The van der Waals surface area contributed by atoms with Crippen molar-refractivity contribution in [3.8, 4) is 5.75 Å². The number of hydrogen-bond acceptors (Lipinski definition) is 3. The molecule has 0 aliphatic carbocycles. The highest BCUT2D eigenvalue weighted by Gasteiger charge is 2.19. The predicted octanol–water partition coefficient (Wildman–Crippen LogP) is 4.53. The zero-order valence-electron chi connectivity index (χ0n) is 17.1. The second-order valence-electron chi connectivity index (χ2n) is 7.90. The Balaban J connectivity index is 1.32. The number of halogens is 1.